The van der Waals surface area contributed by atoms with Gasteiger partial charge in [-0.2, -0.15) is 0 Å². The standard InChI is InChI=1S/C17H14Br2S/c1-2-15-7-8-16(20-15)17(19)13-4-3-12-10-14(18)6-5-11(12)9-13/h3-10,17H,2H2,1H3. The average Bonchev–Trinajstić information content (AvgIpc) is 2.95. The van der Waals surface area contributed by atoms with Gasteiger partial charge in [0.25, 0.3) is 0 Å². The molecule has 2 aromatic carbocycles. The molecule has 1 heterocycles. The predicted molar refractivity (Wildman–Crippen MR) is 96.1 cm³/mol. The number of rotatable bonds is 3. The minimum atomic E-state index is 0.279. The molecule has 0 saturated carbocycles. The maximum Gasteiger partial charge on any atom is 0.0738 e. The Balaban J connectivity index is 1.98. The van der Waals surface area contributed by atoms with E-state index in [-0.39, 0.29) is 4.83 Å². The molecule has 3 aromatic rings. The summed E-state index contributed by atoms with van der Waals surface area (Å²) in [7, 11) is 0. The van der Waals surface area contributed by atoms with Gasteiger partial charge in [0, 0.05) is 14.2 Å². The molecule has 20 heavy (non-hydrogen) atoms. The van der Waals surface area contributed by atoms with Gasteiger partial charge in [-0.15, -0.1) is 11.3 Å². The van der Waals surface area contributed by atoms with Crippen LogP contribution in [0.1, 0.15) is 27.1 Å². The summed E-state index contributed by atoms with van der Waals surface area (Å²) >= 11 is 9.25. The summed E-state index contributed by atoms with van der Waals surface area (Å²) in [5.74, 6) is 0. The Morgan fingerprint density at radius 2 is 1.75 bits per heavy atom. The summed E-state index contributed by atoms with van der Waals surface area (Å²) < 4.78 is 1.12. The molecule has 0 bridgehead atoms. The van der Waals surface area contributed by atoms with Crippen LogP contribution in [0, 0.1) is 0 Å². The Morgan fingerprint density at radius 1 is 1.00 bits per heavy atom. The quantitative estimate of drug-likeness (QED) is 0.421. The SMILES string of the molecule is CCc1ccc(C(Br)c2ccc3cc(Br)ccc3c2)s1. The number of thiophene rings is 1. The number of alkyl halides is 1. The van der Waals surface area contributed by atoms with Crippen molar-refractivity contribution in [2.75, 3.05) is 0 Å². The molecule has 3 heteroatoms. The fourth-order valence-corrected chi connectivity index (χ4v) is 4.33. The topological polar surface area (TPSA) is 0 Å². The van der Waals surface area contributed by atoms with E-state index in [2.05, 4.69) is 87.3 Å². The number of halogens is 2. The summed E-state index contributed by atoms with van der Waals surface area (Å²) in [4.78, 5) is 3.09. The molecule has 102 valence electrons. The van der Waals surface area contributed by atoms with Crippen molar-refractivity contribution in [1.82, 2.24) is 0 Å². The lowest BCUT2D eigenvalue weighted by atomic mass is 10.0. The predicted octanol–water partition coefficient (Wildman–Crippen LogP) is 6.71. The molecule has 0 fully saturated rings. The lowest BCUT2D eigenvalue weighted by molar-refractivity contribution is 1.19. The largest absolute Gasteiger partial charge is 0.144 e. The van der Waals surface area contributed by atoms with E-state index < -0.39 is 0 Å². The molecule has 1 aromatic heterocycles. The smallest absolute Gasteiger partial charge is 0.0738 e. The van der Waals surface area contributed by atoms with Gasteiger partial charge in [0.15, 0.2) is 0 Å². The molecule has 3 rings (SSSR count). The van der Waals surface area contributed by atoms with Crippen LogP contribution in [0.4, 0.5) is 0 Å². The van der Waals surface area contributed by atoms with Crippen molar-refractivity contribution in [2.24, 2.45) is 0 Å². The number of hydrogen-bond acceptors (Lipinski definition) is 1. The molecule has 0 amide bonds. The van der Waals surface area contributed by atoms with Crippen LogP contribution in [0.3, 0.4) is 0 Å². The van der Waals surface area contributed by atoms with E-state index in [1.807, 2.05) is 11.3 Å². The summed E-state index contributed by atoms with van der Waals surface area (Å²) in [6, 6.07) is 17.5. The zero-order valence-electron chi connectivity index (χ0n) is 11.1. The van der Waals surface area contributed by atoms with Crippen molar-refractivity contribution in [3.8, 4) is 0 Å². The second-order valence-electron chi connectivity index (χ2n) is 4.77. The van der Waals surface area contributed by atoms with Crippen LogP contribution in [0.25, 0.3) is 10.8 Å². The fraction of sp³-hybridized carbons (Fsp3) is 0.176. The van der Waals surface area contributed by atoms with E-state index in [0.29, 0.717) is 0 Å². The van der Waals surface area contributed by atoms with Gasteiger partial charge in [0.2, 0.25) is 0 Å². The Labute approximate surface area is 140 Å². The first-order valence-electron chi connectivity index (χ1n) is 6.59. The molecule has 1 atom stereocenters. The van der Waals surface area contributed by atoms with Crippen LogP contribution in [0.15, 0.2) is 53.0 Å². The number of hydrogen-bond donors (Lipinski definition) is 0. The summed E-state index contributed by atoms with van der Waals surface area (Å²) in [6.07, 6.45) is 1.11. The zero-order chi connectivity index (χ0) is 14.1. The Hall–Kier alpha value is -0.640. The van der Waals surface area contributed by atoms with E-state index in [9.17, 15) is 0 Å². The average molecular weight is 410 g/mol. The third kappa shape index (κ3) is 2.85. The summed E-state index contributed by atoms with van der Waals surface area (Å²) in [6.45, 7) is 2.20. The van der Waals surface area contributed by atoms with Crippen molar-refractivity contribution < 1.29 is 0 Å². The highest BCUT2D eigenvalue weighted by atomic mass is 79.9. The highest BCUT2D eigenvalue weighted by Crippen LogP contribution is 2.36. The van der Waals surface area contributed by atoms with E-state index in [0.717, 1.165) is 10.9 Å². The van der Waals surface area contributed by atoms with Gasteiger partial charge in [-0.1, -0.05) is 57.0 Å². The summed E-state index contributed by atoms with van der Waals surface area (Å²) in [5.41, 5.74) is 1.31. The molecular weight excluding hydrogens is 396 g/mol. The molecule has 0 spiro atoms. The van der Waals surface area contributed by atoms with Crippen molar-refractivity contribution in [2.45, 2.75) is 18.2 Å². The molecular formula is C17H14Br2S. The van der Waals surface area contributed by atoms with Gasteiger partial charge in [0.1, 0.15) is 0 Å². The Morgan fingerprint density at radius 3 is 2.50 bits per heavy atom. The van der Waals surface area contributed by atoms with Gasteiger partial charge in [-0.25, -0.2) is 0 Å². The van der Waals surface area contributed by atoms with Crippen LogP contribution >= 0.6 is 43.2 Å². The van der Waals surface area contributed by atoms with Crippen LogP contribution < -0.4 is 0 Å². The first-order valence-corrected chi connectivity index (χ1v) is 9.12. The number of benzene rings is 2. The minimum absolute atomic E-state index is 0.279. The van der Waals surface area contributed by atoms with Gasteiger partial charge in [0.05, 0.1) is 4.83 Å². The highest BCUT2D eigenvalue weighted by molar-refractivity contribution is 9.10. The van der Waals surface area contributed by atoms with Gasteiger partial charge >= 0.3 is 0 Å². The van der Waals surface area contributed by atoms with Gasteiger partial charge in [-0.3, -0.25) is 0 Å². The molecule has 0 saturated heterocycles. The first-order chi connectivity index (χ1) is 9.67. The Bertz CT molecular complexity index is 746. The summed E-state index contributed by atoms with van der Waals surface area (Å²) in [5, 5.41) is 2.55. The van der Waals surface area contributed by atoms with Crippen LogP contribution in [0.2, 0.25) is 0 Å². The van der Waals surface area contributed by atoms with Crippen molar-refractivity contribution in [3.05, 3.63) is 68.3 Å². The molecule has 0 aliphatic heterocycles. The van der Waals surface area contributed by atoms with Crippen LogP contribution in [-0.4, -0.2) is 0 Å². The number of aryl methyl sites for hydroxylation is 1. The maximum atomic E-state index is 3.84. The van der Waals surface area contributed by atoms with Gasteiger partial charge < -0.3 is 0 Å². The number of fused-ring (bicyclic) bond motifs is 1. The minimum Gasteiger partial charge on any atom is -0.144 e. The first kappa shape index (κ1) is 14.3. The van der Waals surface area contributed by atoms with Crippen molar-refractivity contribution in [3.63, 3.8) is 0 Å². The molecule has 0 aliphatic rings. The third-order valence-electron chi connectivity index (χ3n) is 3.40. The second-order valence-corrected chi connectivity index (χ2v) is 7.80. The third-order valence-corrected chi connectivity index (χ3v) is 6.51. The lowest BCUT2D eigenvalue weighted by Crippen LogP contribution is -1.89. The molecule has 1 unspecified atom stereocenters. The van der Waals surface area contributed by atoms with Crippen molar-refractivity contribution >= 4 is 54.0 Å². The molecule has 0 aliphatic carbocycles. The maximum absolute atomic E-state index is 3.84. The normalized spacial score (nSPS) is 12.8. The van der Waals surface area contributed by atoms with Crippen LogP contribution in [-0.2, 0) is 6.42 Å². The van der Waals surface area contributed by atoms with E-state index in [4.69, 9.17) is 0 Å². The Kier molecular flexibility index (Phi) is 4.29. The zero-order valence-corrected chi connectivity index (χ0v) is 15.1. The monoisotopic (exact) mass is 408 g/mol. The lowest BCUT2D eigenvalue weighted by Gasteiger charge is -2.09. The molecule has 0 N–H and O–H groups in total. The van der Waals surface area contributed by atoms with Crippen molar-refractivity contribution in [1.29, 1.82) is 0 Å². The fourth-order valence-electron chi connectivity index (χ4n) is 2.28. The van der Waals surface area contributed by atoms with Crippen LogP contribution in [0.5, 0.6) is 0 Å². The van der Waals surface area contributed by atoms with E-state index in [1.165, 1.54) is 26.1 Å². The second kappa shape index (κ2) is 6.00. The van der Waals surface area contributed by atoms with E-state index in [1.54, 1.807) is 0 Å². The van der Waals surface area contributed by atoms with E-state index >= 15 is 0 Å². The molecule has 0 radical (unpaired) electrons. The van der Waals surface area contributed by atoms with Gasteiger partial charge in [-0.05, 0) is 53.1 Å². The molecule has 0 nitrogen and oxygen atoms in total. The highest BCUT2D eigenvalue weighted by Gasteiger charge is 2.13.